The van der Waals surface area contributed by atoms with Crippen LogP contribution in [0.5, 0.6) is 0 Å². The molecule has 4 heteroatoms. The first kappa shape index (κ1) is 13.4. The zero-order valence-electron chi connectivity index (χ0n) is 9.79. The van der Waals surface area contributed by atoms with Gasteiger partial charge in [-0.05, 0) is 53.4 Å². The van der Waals surface area contributed by atoms with E-state index in [2.05, 4.69) is 34.1 Å². The van der Waals surface area contributed by atoms with Crippen molar-refractivity contribution in [3.05, 3.63) is 67.4 Å². The quantitative estimate of drug-likeness (QED) is 0.478. The van der Waals surface area contributed by atoms with E-state index in [1.54, 1.807) is 11.3 Å². The van der Waals surface area contributed by atoms with E-state index in [1.807, 2.05) is 24.3 Å². The molecule has 2 aromatic carbocycles. The number of thiophene rings is 1. The molecule has 19 heavy (non-hydrogen) atoms. The highest BCUT2D eigenvalue weighted by Crippen LogP contribution is 2.31. The summed E-state index contributed by atoms with van der Waals surface area (Å²) >= 11 is 17.5. The second kappa shape index (κ2) is 5.45. The zero-order valence-corrected chi connectivity index (χ0v) is 13.7. The fourth-order valence-electron chi connectivity index (χ4n) is 2.02. The third-order valence-electron chi connectivity index (χ3n) is 2.90. The Morgan fingerprint density at radius 2 is 1.84 bits per heavy atom. The standard InChI is InChI=1S/C15H9BrCl2S/c16-11-1-3-14(18)9(5-11)7-13-8-10-6-12(17)2-4-15(10)19-13/h1-6,8H,7H2. The number of fused-ring (bicyclic) bond motifs is 1. The van der Waals surface area contributed by atoms with E-state index < -0.39 is 0 Å². The summed E-state index contributed by atoms with van der Waals surface area (Å²) in [6.07, 6.45) is 0.842. The van der Waals surface area contributed by atoms with Crippen LogP contribution in [-0.4, -0.2) is 0 Å². The molecule has 0 spiro atoms. The fraction of sp³-hybridized carbons (Fsp3) is 0.0667. The van der Waals surface area contributed by atoms with Crippen molar-refractivity contribution in [3.63, 3.8) is 0 Å². The van der Waals surface area contributed by atoms with E-state index in [4.69, 9.17) is 23.2 Å². The molecule has 0 radical (unpaired) electrons. The van der Waals surface area contributed by atoms with Crippen LogP contribution >= 0.6 is 50.5 Å². The first-order chi connectivity index (χ1) is 9.11. The van der Waals surface area contributed by atoms with Gasteiger partial charge in [0.15, 0.2) is 0 Å². The number of halogens is 3. The van der Waals surface area contributed by atoms with Crippen LogP contribution in [0.1, 0.15) is 10.4 Å². The van der Waals surface area contributed by atoms with E-state index in [9.17, 15) is 0 Å². The lowest BCUT2D eigenvalue weighted by Crippen LogP contribution is -1.86. The van der Waals surface area contributed by atoms with Gasteiger partial charge in [0.1, 0.15) is 0 Å². The van der Waals surface area contributed by atoms with Crippen molar-refractivity contribution in [1.82, 2.24) is 0 Å². The Bertz CT molecular complexity index is 749. The lowest BCUT2D eigenvalue weighted by molar-refractivity contribution is 1.24. The van der Waals surface area contributed by atoms with E-state index in [-0.39, 0.29) is 0 Å². The molecular formula is C15H9BrCl2S. The SMILES string of the molecule is Clc1ccc2sc(Cc3cc(Br)ccc3Cl)cc2c1. The summed E-state index contributed by atoms with van der Waals surface area (Å²) in [6, 6.07) is 14.1. The van der Waals surface area contributed by atoms with Crippen molar-refractivity contribution in [2.24, 2.45) is 0 Å². The maximum Gasteiger partial charge on any atom is 0.0442 e. The molecule has 0 aliphatic carbocycles. The molecule has 3 aromatic rings. The molecule has 0 bridgehead atoms. The third kappa shape index (κ3) is 2.97. The van der Waals surface area contributed by atoms with Crippen molar-refractivity contribution in [1.29, 1.82) is 0 Å². The van der Waals surface area contributed by atoms with E-state index in [0.29, 0.717) is 0 Å². The molecular weight excluding hydrogens is 363 g/mol. The van der Waals surface area contributed by atoms with Crippen molar-refractivity contribution < 1.29 is 0 Å². The Kier molecular flexibility index (Phi) is 3.86. The van der Waals surface area contributed by atoms with Crippen LogP contribution in [-0.2, 0) is 6.42 Å². The van der Waals surface area contributed by atoms with Crippen LogP contribution in [0.2, 0.25) is 10.0 Å². The van der Waals surface area contributed by atoms with Gasteiger partial charge in [0.25, 0.3) is 0 Å². The van der Waals surface area contributed by atoms with Crippen LogP contribution < -0.4 is 0 Å². The van der Waals surface area contributed by atoms with E-state index >= 15 is 0 Å². The average Bonchev–Trinajstić information content (AvgIpc) is 2.75. The normalized spacial score (nSPS) is 11.1. The Morgan fingerprint density at radius 3 is 2.68 bits per heavy atom. The second-order valence-corrected chi connectivity index (χ2v) is 7.24. The molecule has 0 saturated heterocycles. The molecule has 0 unspecified atom stereocenters. The van der Waals surface area contributed by atoms with Crippen molar-refractivity contribution in [2.45, 2.75) is 6.42 Å². The lowest BCUT2D eigenvalue weighted by atomic mass is 10.1. The maximum absolute atomic E-state index is 6.23. The van der Waals surface area contributed by atoms with Crippen LogP contribution in [0.15, 0.2) is 46.9 Å². The summed E-state index contributed by atoms with van der Waals surface area (Å²) in [4.78, 5) is 1.29. The van der Waals surface area contributed by atoms with Gasteiger partial charge < -0.3 is 0 Å². The topological polar surface area (TPSA) is 0 Å². The summed E-state index contributed by atoms with van der Waals surface area (Å²) in [5, 5.41) is 2.77. The molecule has 0 nitrogen and oxygen atoms in total. The van der Waals surface area contributed by atoms with Gasteiger partial charge in [-0.2, -0.15) is 0 Å². The number of hydrogen-bond acceptors (Lipinski definition) is 1. The highest BCUT2D eigenvalue weighted by Gasteiger charge is 2.07. The van der Waals surface area contributed by atoms with Gasteiger partial charge in [-0.3, -0.25) is 0 Å². The van der Waals surface area contributed by atoms with Gasteiger partial charge in [-0.25, -0.2) is 0 Å². The molecule has 96 valence electrons. The number of benzene rings is 2. The molecule has 3 rings (SSSR count). The molecule has 0 aliphatic rings. The first-order valence-electron chi connectivity index (χ1n) is 5.74. The van der Waals surface area contributed by atoms with E-state index in [0.717, 1.165) is 26.5 Å². The summed E-state index contributed by atoms with van der Waals surface area (Å²) in [6.45, 7) is 0. The highest BCUT2D eigenvalue weighted by atomic mass is 79.9. The van der Waals surface area contributed by atoms with Gasteiger partial charge in [0.05, 0.1) is 0 Å². The van der Waals surface area contributed by atoms with Crippen molar-refractivity contribution in [2.75, 3.05) is 0 Å². The molecule has 0 atom stereocenters. The van der Waals surface area contributed by atoms with Crippen molar-refractivity contribution >= 4 is 60.6 Å². The Morgan fingerprint density at radius 1 is 1.00 bits per heavy atom. The first-order valence-corrected chi connectivity index (χ1v) is 8.10. The molecule has 0 saturated carbocycles. The molecule has 0 aliphatic heterocycles. The number of hydrogen-bond donors (Lipinski definition) is 0. The molecule has 0 N–H and O–H groups in total. The monoisotopic (exact) mass is 370 g/mol. The average molecular weight is 372 g/mol. The van der Waals surface area contributed by atoms with Gasteiger partial charge in [-0.15, -0.1) is 11.3 Å². The van der Waals surface area contributed by atoms with Crippen LogP contribution in [0.25, 0.3) is 10.1 Å². The molecule has 0 fully saturated rings. The third-order valence-corrected chi connectivity index (χ3v) is 5.11. The summed E-state index contributed by atoms with van der Waals surface area (Å²) < 4.78 is 2.31. The summed E-state index contributed by atoms with van der Waals surface area (Å²) in [5.74, 6) is 0. The van der Waals surface area contributed by atoms with Crippen LogP contribution in [0.3, 0.4) is 0 Å². The molecule has 0 amide bonds. The largest absolute Gasteiger partial charge is 0.140 e. The van der Waals surface area contributed by atoms with Crippen LogP contribution in [0.4, 0.5) is 0 Å². The van der Waals surface area contributed by atoms with Gasteiger partial charge in [0.2, 0.25) is 0 Å². The Hall–Kier alpha value is -0.540. The number of rotatable bonds is 2. The minimum absolute atomic E-state index is 0.775. The fourth-order valence-corrected chi connectivity index (χ4v) is 3.86. The van der Waals surface area contributed by atoms with Crippen molar-refractivity contribution in [3.8, 4) is 0 Å². The van der Waals surface area contributed by atoms with Gasteiger partial charge >= 0.3 is 0 Å². The van der Waals surface area contributed by atoms with Gasteiger partial charge in [0, 0.05) is 30.5 Å². The summed E-state index contributed by atoms with van der Waals surface area (Å²) in [7, 11) is 0. The zero-order chi connectivity index (χ0) is 13.4. The van der Waals surface area contributed by atoms with E-state index in [1.165, 1.54) is 15.0 Å². The molecule has 1 heterocycles. The minimum Gasteiger partial charge on any atom is -0.140 e. The lowest BCUT2D eigenvalue weighted by Gasteiger charge is -2.02. The smallest absolute Gasteiger partial charge is 0.0442 e. The highest BCUT2D eigenvalue weighted by molar-refractivity contribution is 9.10. The predicted molar refractivity (Wildman–Crippen MR) is 88.8 cm³/mol. The molecule has 1 aromatic heterocycles. The summed E-state index contributed by atoms with van der Waals surface area (Å²) in [5.41, 5.74) is 1.13. The van der Waals surface area contributed by atoms with Gasteiger partial charge in [-0.1, -0.05) is 39.1 Å². The Balaban J connectivity index is 1.98. The second-order valence-electron chi connectivity index (χ2n) is 4.31. The van der Waals surface area contributed by atoms with Crippen LogP contribution in [0, 0.1) is 0 Å². The minimum atomic E-state index is 0.775. The maximum atomic E-state index is 6.23. The predicted octanol–water partition coefficient (Wildman–Crippen LogP) is 6.56. The Labute approximate surface area is 134 Å².